The molecule has 2 aromatic rings. The number of nitrogens with zero attached hydrogens (tertiary/aromatic N) is 4. The fraction of sp³-hybridized carbons (Fsp3) is 0.440. The SMILES string of the molecule is CCNc1cccnc1N1CCN(C(=O)c2ccc(C(=O)N3CCC(C(=O)O)CC3)cc2)CC1. The summed E-state index contributed by atoms with van der Waals surface area (Å²) in [6.45, 7) is 6.33. The predicted molar refractivity (Wildman–Crippen MR) is 129 cm³/mol. The number of carboxylic acid groups (broad SMARTS) is 1. The van der Waals surface area contributed by atoms with E-state index in [-0.39, 0.29) is 17.7 Å². The molecule has 9 heteroatoms. The third-order valence-electron chi connectivity index (χ3n) is 6.53. The summed E-state index contributed by atoms with van der Waals surface area (Å²) in [4.78, 5) is 47.1. The fourth-order valence-electron chi connectivity index (χ4n) is 4.55. The van der Waals surface area contributed by atoms with Gasteiger partial charge in [0.15, 0.2) is 5.82 Å². The number of piperidine rings is 1. The molecule has 9 nitrogen and oxygen atoms in total. The maximum atomic E-state index is 13.0. The minimum absolute atomic E-state index is 0.0474. The van der Waals surface area contributed by atoms with Crippen molar-refractivity contribution < 1.29 is 19.5 Å². The fourth-order valence-corrected chi connectivity index (χ4v) is 4.55. The van der Waals surface area contributed by atoms with Crippen LogP contribution in [-0.4, -0.2) is 83.5 Å². The summed E-state index contributed by atoms with van der Waals surface area (Å²) >= 11 is 0. The molecule has 2 fully saturated rings. The summed E-state index contributed by atoms with van der Waals surface area (Å²) in [6.07, 6.45) is 2.72. The second-order valence-corrected chi connectivity index (χ2v) is 8.67. The molecule has 34 heavy (non-hydrogen) atoms. The number of rotatable bonds is 6. The summed E-state index contributed by atoms with van der Waals surface area (Å²) in [5.74, 6) is -0.436. The van der Waals surface area contributed by atoms with Crippen LogP contribution >= 0.6 is 0 Å². The number of carbonyl (C=O) groups excluding carboxylic acids is 2. The first-order chi connectivity index (χ1) is 16.5. The molecule has 2 aliphatic heterocycles. The normalized spacial score (nSPS) is 16.9. The number of hydrogen-bond acceptors (Lipinski definition) is 6. The molecule has 0 saturated carbocycles. The van der Waals surface area contributed by atoms with Crippen molar-refractivity contribution in [2.24, 2.45) is 5.92 Å². The van der Waals surface area contributed by atoms with E-state index in [0.717, 1.165) is 18.1 Å². The Balaban J connectivity index is 1.33. The molecular formula is C25H31N5O4. The van der Waals surface area contributed by atoms with Crippen molar-refractivity contribution in [2.75, 3.05) is 56.0 Å². The molecule has 2 amide bonds. The minimum Gasteiger partial charge on any atom is -0.481 e. The summed E-state index contributed by atoms with van der Waals surface area (Å²) in [6, 6.07) is 10.7. The molecule has 0 aliphatic carbocycles. The molecular weight excluding hydrogens is 434 g/mol. The Bertz CT molecular complexity index is 1030. The number of anilines is 2. The van der Waals surface area contributed by atoms with Gasteiger partial charge in [-0.2, -0.15) is 0 Å². The zero-order valence-corrected chi connectivity index (χ0v) is 19.4. The van der Waals surface area contributed by atoms with Crippen molar-refractivity contribution in [2.45, 2.75) is 19.8 Å². The summed E-state index contributed by atoms with van der Waals surface area (Å²) in [5, 5.41) is 12.5. The van der Waals surface area contributed by atoms with Gasteiger partial charge >= 0.3 is 5.97 Å². The van der Waals surface area contributed by atoms with Crippen LogP contribution in [0, 0.1) is 5.92 Å². The summed E-state index contributed by atoms with van der Waals surface area (Å²) in [5.41, 5.74) is 2.07. The van der Waals surface area contributed by atoms with E-state index in [0.29, 0.717) is 63.2 Å². The number of nitrogens with one attached hydrogen (secondary N) is 1. The zero-order chi connectivity index (χ0) is 24.1. The van der Waals surface area contributed by atoms with Gasteiger partial charge in [-0.1, -0.05) is 0 Å². The third-order valence-corrected chi connectivity index (χ3v) is 6.53. The standard InChI is InChI=1S/C25H31N5O4/c1-2-26-21-4-3-11-27-22(21)28-14-16-30(17-15-28)24(32)19-7-5-18(6-8-19)23(31)29-12-9-20(10-13-29)25(33)34/h3-8,11,20,26H,2,9-10,12-17H2,1H3,(H,33,34). The van der Waals surface area contributed by atoms with E-state index in [1.807, 2.05) is 24.0 Å². The van der Waals surface area contributed by atoms with Crippen LogP contribution in [0.1, 0.15) is 40.5 Å². The highest BCUT2D eigenvalue weighted by atomic mass is 16.4. The topological polar surface area (TPSA) is 106 Å². The van der Waals surface area contributed by atoms with E-state index in [4.69, 9.17) is 5.11 Å². The van der Waals surface area contributed by atoms with Gasteiger partial charge in [0.2, 0.25) is 0 Å². The smallest absolute Gasteiger partial charge is 0.306 e. The average molecular weight is 466 g/mol. The number of hydrogen-bond donors (Lipinski definition) is 2. The number of benzene rings is 1. The maximum Gasteiger partial charge on any atom is 0.306 e. The van der Waals surface area contributed by atoms with E-state index >= 15 is 0 Å². The van der Waals surface area contributed by atoms with Crippen molar-refractivity contribution >= 4 is 29.3 Å². The highest BCUT2D eigenvalue weighted by Gasteiger charge is 2.28. The Kier molecular flexibility index (Phi) is 7.30. The second kappa shape index (κ2) is 10.5. The van der Waals surface area contributed by atoms with E-state index in [2.05, 4.69) is 15.2 Å². The first-order valence-electron chi connectivity index (χ1n) is 11.8. The monoisotopic (exact) mass is 465 g/mol. The Morgan fingerprint density at radius 2 is 1.47 bits per heavy atom. The van der Waals surface area contributed by atoms with Crippen molar-refractivity contribution in [3.63, 3.8) is 0 Å². The molecule has 3 heterocycles. The lowest BCUT2D eigenvalue weighted by Gasteiger charge is -2.36. The van der Waals surface area contributed by atoms with Crippen molar-refractivity contribution in [3.05, 3.63) is 53.7 Å². The van der Waals surface area contributed by atoms with Gasteiger partial charge in [0.1, 0.15) is 0 Å². The molecule has 0 spiro atoms. The average Bonchev–Trinajstić information content (AvgIpc) is 2.88. The Labute approximate surface area is 199 Å². The molecule has 1 aromatic carbocycles. The van der Waals surface area contributed by atoms with Crippen molar-refractivity contribution in [3.8, 4) is 0 Å². The zero-order valence-electron chi connectivity index (χ0n) is 19.4. The van der Waals surface area contributed by atoms with Crippen molar-refractivity contribution in [1.29, 1.82) is 0 Å². The molecule has 0 radical (unpaired) electrons. The van der Waals surface area contributed by atoms with Gasteiger partial charge in [0.25, 0.3) is 11.8 Å². The van der Waals surface area contributed by atoms with Crippen LogP contribution in [0.15, 0.2) is 42.6 Å². The minimum atomic E-state index is -0.797. The van der Waals surface area contributed by atoms with Gasteiger partial charge < -0.3 is 25.1 Å². The number of carboxylic acids is 1. The molecule has 4 rings (SSSR count). The van der Waals surface area contributed by atoms with E-state index in [1.165, 1.54) is 0 Å². The Hall–Kier alpha value is -3.62. The second-order valence-electron chi connectivity index (χ2n) is 8.67. The molecule has 2 aliphatic rings. The van der Waals surface area contributed by atoms with E-state index in [1.54, 1.807) is 35.4 Å². The molecule has 0 atom stereocenters. The Morgan fingerprint density at radius 3 is 2.00 bits per heavy atom. The largest absolute Gasteiger partial charge is 0.481 e. The molecule has 2 saturated heterocycles. The van der Waals surface area contributed by atoms with Gasteiger partial charge in [-0.15, -0.1) is 0 Å². The molecule has 0 unspecified atom stereocenters. The first-order valence-corrected chi connectivity index (χ1v) is 11.8. The highest BCUT2D eigenvalue weighted by Crippen LogP contribution is 2.24. The van der Waals surface area contributed by atoms with Gasteiger partial charge in [0, 0.05) is 63.1 Å². The Morgan fingerprint density at radius 1 is 0.912 bits per heavy atom. The van der Waals surface area contributed by atoms with Crippen LogP contribution in [0.3, 0.4) is 0 Å². The van der Waals surface area contributed by atoms with Crippen molar-refractivity contribution in [1.82, 2.24) is 14.8 Å². The number of piperazine rings is 1. The number of pyridine rings is 1. The summed E-state index contributed by atoms with van der Waals surface area (Å²) < 4.78 is 0. The third kappa shape index (κ3) is 5.13. The van der Waals surface area contributed by atoms with Gasteiger partial charge in [-0.05, 0) is 56.2 Å². The predicted octanol–water partition coefficient (Wildman–Crippen LogP) is 2.41. The lowest BCUT2D eigenvalue weighted by atomic mass is 9.96. The maximum absolute atomic E-state index is 13.0. The number of likely N-dealkylation sites (tertiary alicyclic amines) is 1. The van der Waals surface area contributed by atoms with E-state index in [9.17, 15) is 14.4 Å². The molecule has 1 aromatic heterocycles. The summed E-state index contributed by atoms with van der Waals surface area (Å²) in [7, 11) is 0. The van der Waals surface area contributed by atoms with Crippen LogP contribution in [0.5, 0.6) is 0 Å². The van der Waals surface area contributed by atoms with Gasteiger partial charge in [-0.3, -0.25) is 14.4 Å². The molecule has 2 N–H and O–H groups in total. The van der Waals surface area contributed by atoms with Crippen LogP contribution in [0.2, 0.25) is 0 Å². The van der Waals surface area contributed by atoms with E-state index < -0.39 is 5.97 Å². The lowest BCUT2D eigenvalue weighted by Crippen LogP contribution is -2.49. The first kappa shape index (κ1) is 23.5. The number of carbonyl (C=O) groups is 3. The number of amides is 2. The van der Waals surface area contributed by atoms with Gasteiger partial charge in [-0.25, -0.2) is 4.98 Å². The van der Waals surface area contributed by atoms with Crippen LogP contribution in [0.4, 0.5) is 11.5 Å². The van der Waals surface area contributed by atoms with Crippen LogP contribution in [-0.2, 0) is 4.79 Å². The van der Waals surface area contributed by atoms with Gasteiger partial charge in [0.05, 0.1) is 11.6 Å². The quantitative estimate of drug-likeness (QED) is 0.675. The highest BCUT2D eigenvalue weighted by molar-refractivity contribution is 5.98. The van der Waals surface area contributed by atoms with Crippen LogP contribution < -0.4 is 10.2 Å². The lowest BCUT2D eigenvalue weighted by molar-refractivity contribution is -0.143. The number of aromatic nitrogens is 1. The number of aliphatic carboxylic acids is 1. The molecule has 0 bridgehead atoms. The molecule has 180 valence electrons. The van der Waals surface area contributed by atoms with Crippen LogP contribution in [0.25, 0.3) is 0 Å².